The van der Waals surface area contributed by atoms with Gasteiger partial charge in [0.05, 0.1) is 18.9 Å². The molecule has 0 saturated heterocycles. The lowest BCUT2D eigenvalue weighted by Gasteiger charge is -1.95. The molecule has 0 fully saturated rings. The van der Waals surface area contributed by atoms with Gasteiger partial charge in [0.15, 0.2) is 11.7 Å². The summed E-state index contributed by atoms with van der Waals surface area (Å²) in [5.41, 5.74) is 0.855. The van der Waals surface area contributed by atoms with Crippen LogP contribution in [0.3, 0.4) is 0 Å². The summed E-state index contributed by atoms with van der Waals surface area (Å²) in [6, 6.07) is 0. The van der Waals surface area contributed by atoms with Gasteiger partial charge in [0.1, 0.15) is 0 Å². The molecule has 68 valence electrons. The van der Waals surface area contributed by atoms with E-state index >= 15 is 0 Å². The molecule has 0 aromatic carbocycles. The summed E-state index contributed by atoms with van der Waals surface area (Å²) in [6.45, 7) is 1.80. The highest BCUT2D eigenvalue weighted by atomic mass is 32.1. The maximum Gasteiger partial charge on any atom is 0.236 e. The van der Waals surface area contributed by atoms with E-state index in [1.165, 1.54) is 11.5 Å². The van der Waals surface area contributed by atoms with Crippen LogP contribution >= 0.6 is 11.5 Å². The molecule has 0 spiro atoms. The highest BCUT2D eigenvalue weighted by molar-refractivity contribution is 7.04. The summed E-state index contributed by atoms with van der Waals surface area (Å²) < 4.78 is 14.5. The lowest BCUT2D eigenvalue weighted by Crippen LogP contribution is -1.83. The van der Waals surface area contributed by atoms with Gasteiger partial charge in [-0.3, -0.25) is 0 Å². The number of oxazole rings is 1. The van der Waals surface area contributed by atoms with Crippen LogP contribution in [-0.2, 0) is 0 Å². The van der Waals surface area contributed by atoms with Crippen molar-refractivity contribution in [2.75, 3.05) is 7.11 Å². The van der Waals surface area contributed by atoms with E-state index in [0.717, 1.165) is 5.56 Å². The fraction of sp³-hybridized carbons (Fsp3) is 0.250. The van der Waals surface area contributed by atoms with Gasteiger partial charge in [-0.1, -0.05) is 0 Å². The zero-order chi connectivity index (χ0) is 9.26. The number of methoxy groups -OCH3 is 1. The molecular weight excluding hydrogens is 188 g/mol. The van der Waals surface area contributed by atoms with Crippen LogP contribution in [0.2, 0.25) is 0 Å². The molecule has 0 unspecified atom stereocenters. The molecule has 13 heavy (non-hydrogen) atoms. The smallest absolute Gasteiger partial charge is 0.236 e. The van der Waals surface area contributed by atoms with Crippen LogP contribution in [0.15, 0.2) is 16.0 Å². The van der Waals surface area contributed by atoms with Gasteiger partial charge in [0, 0.05) is 12.3 Å². The number of rotatable bonds is 2. The quantitative estimate of drug-likeness (QED) is 0.738. The molecule has 2 heterocycles. The molecule has 0 aliphatic rings. The maximum atomic E-state index is 5.35. The van der Waals surface area contributed by atoms with Gasteiger partial charge in [-0.15, -0.1) is 0 Å². The molecule has 0 bridgehead atoms. The Kier molecular flexibility index (Phi) is 2.02. The van der Waals surface area contributed by atoms with Crippen molar-refractivity contribution in [1.82, 2.24) is 9.36 Å². The van der Waals surface area contributed by atoms with Gasteiger partial charge in [0.25, 0.3) is 0 Å². The Morgan fingerprint density at radius 1 is 1.54 bits per heavy atom. The standard InChI is InChI=1S/C8H8N2O2S/c1-5-9-3-7(12-5)6-4-13-10-8(6)11-2/h3-4H,1-2H3. The fourth-order valence-corrected chi connectivity index (χ4v) is 1.67. The summed E-state index contributed by atoms with van der Waals surface area (Å²) in [4.78, 5) is 4.00. The Balaban J connectivity index is 2.45. The van der Waals surface area contributed by atoms with E-state index in [2.05, 4.69) is 9.36 Å². The van der Waals surface area contributed by atoms with Crippen LogP contribution in [0.5, 0.6) is 5.88 Å². The van der Waals surface area contributed by atoms with E-state index in [-0.39, 0.29) is 0 Å². The van der Waals surface area contributed by atoms with Crippen molar-refractivity contribution >= 4 is 11.5 Å². The van der Waals surface area contributed by atoms with Gasteiger partial charge in [0.2, 0.25) is 5.88 Å². The minimum absolute atomic E-state index is 0.584. The lowest BCUT2D eigenvalue weighted by atomic mass is 10.3. The molecule has 4 nitrogen and oxygen atoms in total. The molecule has 0 aliphatic carbocycles. The van der Waals surface area contributed by atoms with Crippen LogP contribution in [-0.4, -0.2) is 16.5 Å². The number of nitrogens with zero attached hydrogens (tertiary/aromatic N) is 2. The number of ether oxygens (including phenoxy) is 1. The third kappa shape index (κ3) is 1.42. The van der Waals surface area contributed by atoms with Crippen LogP contribution in [0, 0.1) is 6.92 Å². The topological polar surface area (TPSA) is 48.2 Å². The Labute approximate surface area is 79.3 Å². The normalized spacial score (nSPS) is 10.3. The van der Waals surface area contributed by atoms with Crippen molar-refractivity contribution in [2.24, 2.45) is 0 Å². The third-order valence-corrected chi connectivity index (χ3v) is 2.23. The van der Waals surface area contributed by atoms with Gasteiger partial charge in [-0.2, -0.15) is 4.37 Å². The van der Waals surface area contributed by atoms with E-state index in [4.69, 9.17) is 9.15 Å². The number of aromatic nitrogens is 2. The van der Waals surface area contributed by atoms with Crippen LogP contribution in [0.1, 0.15) is 5.89 Å². The molecule has 0 aliphatic heterocycles. The van der Waals surface area contributed by atoms with Crippen LogP contribution < -0.4 is 4.74 Å². The number of hydrogen-bond acceptors (Lipinski definition) is 5. The highest BCUT2D eigenvalue weighted by Gasteiger charge is 2.12. The second-order valence-electron chi connectivity index (χ2n) is 2.48. The highest BCUT2D eigenvalue weighted by Crippen LogP contribution is 2.30. The molecule has 2 aromatic rings. The van der Waals surface area contributed by atoms with Crippen LogP contribution in [0.25, 0.3) is 11.3 Å². The van der Waals surface area contributed by atoms with Crippen molar-refractivity contribution in [1.29, 1.82) is 0 Å². The average Bonchev–Trinajstić information content (AvgIpc) is 2.71. The predicted octanol–water partition coefficient (Wildman–Crippen LogP) is 2.12. The average molecular weight is 196 g/mol. The van der Waals surface area contributed by atoms with Crippen molar-refractivity contribution < 1.29 is 9.15 Å². The summed E-state index contributed by atoms with van der Waals surface area (Å²) in [5, 5.41) is 1.87. The molecule has 2 aromatic heterocycles. The van der Waals surface area contributed by atoms with E-state index in [1.54, 1.807) is 20.2 Å². The van der Waals surface area contributed by atoms with Gasteiger partial charge >= 0.3 is 0 Å². The Hall–Kier alpha value is -1.36. The largest absolute Gasteiger partial charge is 0.480 e. The monoisotopic (exact) mass is 196 g/mol. The minimum atomic E-state index is 0.584. The second-order valence-corrected chi connectivity index (χ2v) is 3.11. The molecule has 0 N–H and O–H groups in total. The maximum absolute atomic E-state index is 5.35. The van der Waals surface area contributed by atoms with Crippen molar-refractivity contribution in [3.05, 3.63) is 17.5 Å². The Morgan fingerprint density at radius 2 is 2.38 bits per heavy atom. The Morgan fingerprint density at radius 3 is 3.00 bits per heavy atom. The fourth-order valence-electron chi connectivity index (χ4n) is 1.02. The van der Waals surface area contributed by atoms with Gasteiger partial charge in [-0.05, 0) is 11.5 Å². The second kappa shape index (κ2) is 3.18. The van der Waals surface area contributed by atoms with E-state index < -0.39 is 0 Å². The number of hydrogen-bond donors (Lipinski definition) is 0. The van der Waals surface area contributed by atoms with E-state index in [0.29, 0.717) is 17.5 Å². The first-order valence-electron chi connectivity index (χ1n) is 3.72. The molecular formula is C8H8N2O2S. The zero-order valence-corrected chi connectivity index (χ0v) is 8.09. The third-order valence-electron chi connectivity index (χ3n) is 1.62. The molecule has 0 radical (unpaired) electrons. The van der Waals surface area contributed by atoms with Gasteiger partial charge < -0.3 is 9.15 Å². The Bertz CT molecular complexity index is 408. The molecule has 0 amide bonds. The molecule has 0 saturated carbocycles. The first-order chi connectivity index (χ1) is 6.31. The molecule has 2 rings (SSSR count). The summed E-state index contributed by atoms with van der Waals surface area (Å²) in [5.74, 6) is 1.92. The lowest BCUT2D eigenvalue weighted by molar-refractivity contribution is 0.402. The SMILES string of the molecule is COc1nscc1-c1cnc(C)o1. The predicted molar refractivity (Wildman–Crippen MR) is 48.9 cm³/mol. The summed E-state index contributed by atoms with van der Waals surface area (Å²) in [6.07, 6.45) is 1.67. The summed E-state index contributed by atoms with van der Waals surface area (Å²) >= 11 is 1.33. The first-order valence-corrected chi connectivity index (χ1v) is 4.56. The molecule has 5 heteroatoms. The van der Waals surface area contributed by atoms with Crippen molar-refractivity contribution in [3.8, 4) is 17.2 Å². The summed E-state index contributed by atoms with van der Waals surface area (Å²) in [7, 11) is 1.59. The number of aryl methyl sites for hydroxylation is 1. The first kappa shape index (κ1) is 8.25. The molecule has 0 atom stereocenters. The minimum Gasteiger partial charge on any atom is -0.480 e. The zero-order valence-electron chi connectivity index (χ0n) is 7.27. The van der Waals surface area contributed by atoms with Crippen molar-refractivity contribution in [3.63, 3.8) is 0 Å². The van der Waals surface area contributed by atoms with E-state index in [1.807, 2.05) is 5.38 Å². The van der Waals surface area contributed by atoms with E-state index in [9.17, 15) is 0 Å². The van der Waals surface area contributed by atoms with Crippen molar-refractivity contribution in [2.45, 2.75) is 6.92 Å². The van der Waals surface area contributed by atoms with Gasteiger partial charge in [-0.25, -0.2) is 4.98 Å². The van der Waals surface area contributed by atoms with Crippen LogP contribution in [0.4, 0.5) is 0 Å².